The average molecular weight is 137 g/mol. The van der Waals surface area contributed by atoms with Crippen molar-refractivity contribution in [2.45, 2.75) is 6.92 Å². The van der Waals surface area contributed by atoms with Gasteiger partial charge in [-0.2, -0.15) is 0 Å². The lowest BCUT2D eigenvalue weighted by molar-refractivity contribution is -0.448. The van der Waals surface area contributed by atoms with Gasteiger partial charge in [0.25, 0.3) is 0 Å². The first kappa shape index (κ1) is 6.85. The van der Waals surface area contributed by atoms with Crippen molar-refractivity contribution in [2.75, 3.05) is 0 Å². The van der Waals surface area contributed by atoms with Crippen molar-refractivity contribution in [1.82, 2.24) is 5.10 Å². The van der Waals surface area contributed by atoms with E-state index in [0.29, 0.717) is 0 Å². The van der Waals surface area contributed by atoms with Crippen LogP contribution in [-0.2, 0) is 0 Å². The number of hydrogen-bond acceptors (Lipinski definition) is 2. The van der Waals surface area contributed by atoms with Gasteiger partial charge in [-0.3, -0.25) is 0 Å². The zero-order valence-corrected chi connectivity index (χ0v) is 5.38. The van der Waals surface area contributed by atoms with E-state index in [0.717, 1.165) is 5.01 Å². The monoisotopic (exact) mass is 136 g/mol. The van der Waals surface area contributed by atoms with Crippen LogP contribution in [0, 0.1) is 6.92 Å². The molecular formula is C3H5ClN2S. The van der Waals surface area contributed by atoms with Crippen LogP contribution in [0.3, 0.4) is 0 Å². The first-order chi connectivity index (χ1) is 2.89. The number of nitrogens with zero attached hydrogens (tertiary/aromatic N) is 1. The maximum atomic E-state index is 3.81. The highest BCUT2D eigenvalue weighted by atomic mass is 35.5. The number of halogens is 1. The summed E-state index contributed by atoms with van der Waals surface area (Å²) >= 11 is 1.61. The molecule has 0 atom stereocenters. The van der Waals surface area contributed by atoms with E-state index in [9.17, 15) is 0 Å². The van der Waals surface area contributed by atoms with Crippen LogP contribution in [0.1, 0.15) is 5.01 Å². The third-order valence-corrected chi connectivity index (χ3v) is 1.16. The lowest BCUT2D eigenvalue weighted by Gasteiger charge is -1.55. The van der Waals surface area contributed by atoms with E-state index >= 15 is 0 Å². The van der Waals surface area contributed by atoms with Crippen molar-refractivity contribution in [3.63, 3.8) is 0 Å². The van der Waals surface area contributed by atoms with Crippen molar-refractivity contribution in [1.29, 1.82) is 0 Å². The molecule has 0 aliphatic carbocycles. The first-order valence-electron chi connectivity index (χ1n) is 1.68. The largest absolute Gasteiger partial charge is 1.00 e. The summed E-state index contributed by atoms with van der Waals surface area (Å²) in [4.78, 5) is 0. The fraction of sp³-hybridized carbons (Fsp3) is 0.333. The Morgan fingerprint density at radius 3 is 2.71 bits per heavy atom. The van der Waals surface area contributed by atoms with Crippen molar-refractivity contribution in [3.8, 4) is 0 Å². The Morgan fingerprint density at radius 1 is 1.86 bits per heavy atom. The predicted octanol–water partition coefficient (Wildman–Crippen LogP) is -2.73. The van der Waals surface area contributed by atoms with E-state index in [1.54, 1.807) is 11.3 Å². The number of rotatable bonds is 0. The fourth-order valence-corrected chi connectivity index (χ4v) is 0.637. The van der Waals surface area contributed by atoms with E-state index in [4.69, 9.17) is 0 Å². The van der Waals surface area contributed by atoms with Gasteiger partial charge in [0.15, 0.2) is 5.01 Å². The topological polar surface area (TPSA) is 27.0 Å². The molecule has 1 N–H and O–H groups in total. The second-order valence-electron chi connectivity index (χ2n) is 0.996. The van der Waals surface area contributed by atoms with Crippen LogP contribution in [0.15, 0.2) is 5.51 Å². The summed E-state index contributed by atoms with van der Waals surface area (Å²) in [5.74, 6) is 0. The number of aromatic amines is 1. The van der Waals surface area contributed by atoms with Gasteiger partial charge in [-0.25, -0.2) is 0 Å². The van der Waals surface area contributed by atoms with Crippen LogP contribution in [0.25, 0.3) is 0 Å². The fourth-order valence-electron chi connectivity index (χ4n) is 0.255. The molecule has 1 aromatic rings. The second kappa shape index (κ2) is 2.93. The van der Waals surface area contributed by atoms with Gasteiger partial charge < -0.3 is 12.4 Å². The molecule has 0 aliphatic heterocycles. The Labute approximate surface area is 52.0 Å². The van der Waals surface area contributed by atoms with Crippen molar-refractivity contribution < 1.29 is 17.5 Å². The third kappa shape index (κ3) is 1.85. The van der Waals surface area contributed by atoms with Crippen LogP contribution < -0.4 is 17.5 Å². The standard InChI is InChI=1S/C3H4N2S.ClH/c1-3-5-4-2-6-3;/h2H,1H3;1H. The van der Waals surface area contributed by atoms with E-state index in [1.807, 2.05) is 12.4 Å². The minimum absolute atomic E-state index is 0. The number of nitrogens with one attached hydrogen (secondary N) is 1. The van der Waals surface area contributed by atoms with Gasteiger partial charge in [-0.15, -0.1) is 0 Å². The van der Waals surface area contributed by atoms with Crippen LogP contribution in [0.5, 0.6) is 0 Å². The molecule has 1 rings (SSSR count). The van der Waals surface area contributed by atoms with E-state index in [-0.39, 0.29) is 12.4 Å². The number of H-pyrrole nitrogens is 1. The Kier molecular flexibility index (Phi) is 2.87. The molecule has 2 nitrogen and oxygen atoms in total. The number of aryl methyl sites for hydroxylation is 1. The molecule has 40 valence electrons. The van der Waals surface area contributed by atoms with Crippen molar-refractivity contribution >= 4 is 11.3 Å². The molecule has 7 heavy (non-hydrogen) atoms. The van der Waals surface area contributed by atoms with E-state index < -0.39 is 0 Å². The summed E-state index contributed by atoms with van der Waals surface area (Å²) < 4.78 is 0. The van der Waals surface area contributed by atoms with Gasteiger partial charge in [0, 0.05) is 5.10 Å². The zero-order chi connectivity index (χ0) is 4.41. The van der Waals surface area contributed by atoms with Gasteiger partial charge in [0.05, 0.1) is 0 Å². The van der Waals surface area contributed by atoms with Crippen LogP contribution in [0.4, 0.5) is 0 Å². The smallest absolute Gasteiger partial charge is 0.250 e. The van der Waals surface area contributed by atoms with E-state index in [2.05, 4.69) is 10.2 Å². The lowest BCUT2D eigenvalue weighted by Crippen LogP contribution is -3.00. The first-order valence-corrected chi connectivity index (χ1v) is 2.56. The Morgan fingerprint density at radius 2 is 2.57 bits per heavy atom. The average Bonchev–Trinajstić information content (AvgIpc) is 1.86. The zero-order valence-electron chi connectivity index (χ0n) is 3.81. The van der Waals surface area contributed by atoms with E-state index in [1.165, 1.54) is 0 Å². The Bertz CT molecular complexity index is 116. The lowest BCUT2D eigenvalue weighted by atomic mass is 10.9. The highest BCUT2D eigenvalue weighted by Gasteiger charge is 1.85. The minimum Gasteiger partial charge on any atom is -1.00 e. The molecule has 0 fully saturated rings. The number of aromatic nitrogens is 2. The summed E-state index contributed by atoms with van der Waals surface area (Å²) in [6, 6.07) is 0. The molecule has 0 amide bonds. The molecule has 0 bridgehead atoms. The highest BCUT2D eigenvalue weighted by Crippen LogP contribution is 1.91. The Hall–Kier alpha value is -0.150. The predicted molar refractivity (Wildman–Crippen MR) is 23.4 cm³/mol. The van der Waals surface area contributed by atoms with Crippen molar-refractivity contribution in [3.05, 3.63) is 10.5 Å². The quantitative estimate of drug-likeness (QED) is 0.381. The second-order valence-corrected chi connectivity index (χ2v) is 2.06. The maximum absolute atomic E-state index is 3.81. The molecule has 0 aromatic carbocycles. The summed E-state index contributed by atoms with van der Waals surface area (Å²) in [6.07, 6.45) is 0. The van der Waals surface area contributed by atoms with Gasteiger partial charge in [0.1, 0.15) is 0 Å². The summed E-state index contributed by atoms with van der Waals surface area (Å²) in [7, 11) is 0. The molecular weight excluding hydrogens is 132 g/mol. The Balaban J connectivity index is 0.000000360. The highest BCUT2D eigenvalue weighted by molar-refractivity contribution is 7.08. The molecule has 0 unspecified atom stereocenters. The normalized spacial score (nSPS) is 7.57. The van der Waals surface area contributed by atoms with Gasteiger partial charge in [-0.05, 0) is 6.92 Å². The molecule has 0 aliphatic rings. The van der Waals surface area contributed by atoms with Gasteiger partial charge in [0.2, 0.25) is 5.51 Å². The molecule has 1 heterocycles. The van der Waals surface area contributed by atoms with Gasteiger partial charge in [-0.1, -0.05) is 16.4 Å². The maximum Gasteiger partial charge on any atom is 0.250 e. The summed E-state index contributed by atoms with van der Waals surface area (Å²) in [6.45, 7) is 1.96. The molecule has 0 spiro atoms. The van der Waals surface area contributed by atoms with Crippen LogP contribution >= 0.6 is 11.3 Å². The molecule has 0 radical (unpaired) electrons. The summed E-state index contributed by atoms with van der Waals surface area (Å²) in [5.41, 5.74) is 1.84. The number of hydrogen-bond donors (Lipinski definition) is 0. The molecule has 4 heteroatoms. The summed E-state index contributed by atoms with van der Waals surface area (Å²) in [5, 5.41) is 7.59. The molecule has 1 aromatic heterocycles. The van der Waals surface area contributed by atoms with Crippen LogP contribution in [-0.4, -0.2) is 5.10 Å². The van der Waals surface area contributed by atoms with Gasteiger partial charge >= 0.3 is 0 Å². The van der Waals surface area contributed by atoms with Crippen molar-refractivity contribution in [2.24, 2.45) is 0 Å². The molecule has 0 saturated carbocycles. The molecule has 0 saturated heterocycles. The minimum atomic E-state index is 0. The third-order valence-electron chi connectivity index (χ3n) is 0.504. The SMILES string of the molecule is Cc1n[nH+]cs1.[Cl-]. The van der Waals surface area contributed by atoms with Crippen LogP contribution in [0.2, 0.25) is 0 Å².